The summed E-state index contributed by atoms with van der Waals surface area (Å²) in [4.78, 5) is 29.2. The number of amides is 1. The number of hydrogen-bond acceptors (Lipinski definition) is 4. The Hall–Kier alpha value is -3.85. The number of carbonyl (C=O) groups is 1. The Morgan fingerprint density at radius 2 is 1.57 bits per heavy atom. The van der Waals surface area contributed by atoms with Gasteiger partial charge in [0.25, 0.3) is 15.9 Å². The Labute approximate surface area is 172 Å². The first-order valence-corrected chi connectivity index (χ1v) is 10.5. The van der Waals surface area contributed by atoms with E-state index in [2.05, 4.69) is 15.3 Å². The summed E-state index contributed by atoms with van der Waals surface area (Å²) >= 11 is 0. The van der Waals surface area contributed by atoms with Gasteiger partial charge in [-0.2, -0.15) is 0 Å². The number of sulfonamides is 1. The highest BCUT2D eigenvalue weighted by Crippen LogP contribution is 2.22. The van der Waals surface area contributed by atoms with Gasteiger partial charge < -0.3 is 15.3 Å². The van der Waals surface area contributed by atoms with Gasteiger partial charge in [0.05, 0.1) is 21.6 Å². The highest BCUT2D eigenvalue weighted by atomic mass is 32.2. The van der Waals surface area contributed by atoms with E-state index in [1.54, 1.807) is 42.5 Å². The lowest BCUT2D eigenvalue weighted by Gasteiger charge is -2.19. The number of carbonyl (C=O) groups excluding carboxylic acids is 1. The molecule has 0 spiro atoms. The molecule has 0 fully saturated rings. The van der Waals surface area contributed by atoms with Crippen molar-refractivity contribution in [2.45, 2.75) is 4.90 Å². The molecule has 0 atom stereocenters. The van der Waals surface area contributed by atoms with Crippen LogP contribution < -0.4 is 15.3 Å². The van der Waals surface area contributed by atoms with Gasteiger partial charge in [0.1, 0.15) is 0 Å². The van der Waals surface area contributed by atoms with Gasteiger partial charge in [-0.15, -0.1) is 0 Å². The molecule has 0 aliphatic carbocycles. The van der Waals surface area contributed by atoms with Crippen molar-refractivity contribution in [1.29, 1.82) is 0 Å². The molecule has 0 saturated carbocycles. The van der Waals surface area contributed by atoms with Gasteiger partial charge in [-0.05, 0) is 54.6 Å². The van der Waals surface area contributed by atoms with Crippen LogP contribution in [-0.2, 0) is 10.0 Å². The number of aromatic nitrogens is 2. The molecule has 3 N–H and O–H groups in total. The Kier molecular flexibility index (Phi) is 4.88. The van der Waals surface area contributed by atoms with E-state index >= 15 is 0 Å². The van der Waals surface area contributed by atoms with Crippen LogP contribution in [0.5, 0.6) is 0 Å². The molecular weight excluding hydrogens is 404 g/mol. The molecular formula is C21H18N4O4S. The lowest BCUT2D eigenvalue weighted by atomic mass is 10.2. The van der Waals surface area contributed by atoms with Crippen molar-refractivity contribution in [3.8, 4) is 0 Å². The zero-order valence-corrected chi connectivity index (χ0v) is 16.7. The third-order valence-corrected chi connectivity index (χ3v) is 6.47. The summed E-state index contributed by atoms with van der Waals surface area (Å²) in [6, 6.07) is 19.4. The van der Waals surface area contributed by atoms with Crippen molar-refractivity contribution in [3.63, 3.8) is 0 Å². The van der Waals surface area contributed by atoms with Crippen molar-refractivity contribution in [3.05, 3.63) is 88.8 Å². The van der Waals surface area contributed by atoms with Crippen molar-refractivity contribution in [2.75, 3.05) is 16.7 Å². The smallest absolute Gasteiger partial charge is 0.322 e. The molecule has 0 unspecified atom stereocenters. The predicted molar refractivity (Wildman–Crippen MR) is 115 cm³/mol. The second-order valence-corrected chi connectivity index (χ2v) is 8.60. The van der Waals surface area contributed by atoms with Gasteiger partial charge in [-0.3, -0.25) is 9.10 Å². The molecule has 1 aromatic heterocycles. The van der Waals surface area contributed by atoms with Crippen LogP contribution in [-0.4, -0.2) is 31.3 Å². The van der Waals surface area contributed by atoms with Crippen LogP contribution in [0.2, 0.25) is 0 Å². The molecule has 0 aliphatic heterocycles. The van der Waals surface area contributed by atoms with Gasteiger partial charge in [0.15, 0.2) is 0 Å². The second-order valence-electron chi connectivity index (χ2n) is 6.63. The van der Waals surface area contributed by atoms with E-state index in [1.165, 1.54) is 35.6 Å². The molecule has 4 aromatic rings. The maximum absolute atomic E-state index is 12.8. The first kappa shape index (κ1) is 19.5. The summed E-state index contributed by atoms with van der Waals surface area (Å²) in [7, 11) is -2.27. The number of aromatic amines is 2. The van der Waals surface area contributed by atoms with Crippen LogP contribution >= 0.6 is 0 Å². The number of nitrogens with zero attached hydrogens (tertiary/aromatic N) is 1. The zero-order valence-electron chi connectivity index (χ0n) is 15.9. The molecule has 0 radical (unpaired) electrons. The van der Waals surface area contributed by atoms with Gasteiger partial charge in [0.2, 0.25) is 0 Å². The first-order valence-electron chi connectivity index (χ1n) is 9.02. The van der Waals surface area contributed by atoms with E-state index < -0.39 is 15.9 Å². The van der Waals surface area contributed by atoms with Crippen LogP contribution in [0.1, 0.15) is 10.4 Å². The van der Waals surface area contributed by atoms with Crippen LogP contribution in [0.3, 0.4) is 0 Å². The summed E-state index contributed by atoms with van der Waals surface area (Å²) in [5.41, 5.74) is 2.23. The lowest BCUT2D eigenvalue weighted by Crippen LogP contribution is -2.26. The zero-order chi connectivity index (χ0) is 21.3. The Morgan fingerprint density at radius 3 is 2.27 bits per heavy atom. The van der Waals surface area contributed by atoms with Crippen LogP contribution in [0.4, 0.5) is 11.4 Å². The third-order valence-electron chi connectivity index (χ3n) is 4.67. The second kappa shape index (κ2) is 7.53. The number of para-hydroxylation sites is 1. The fourth-order valence-electron chi connectivity index (χ4n) is 3.03. The van der Waals surface area contributed by atoms with E-state index in [1.807, 2.05) is 6.07 Å². The average molecular weight is 422 g/mol. The highest BCUT2D eigenvalue weighted by Gasteiger charge is 2.21. The van der Waals surface area contributed by atoms with Gasteiger partial charge in [-0.25, -0.2) is 13.2 Å². The number of nitrogens with one attached hydrogen (secondary N) is 3. The maximum atomic E-state index is 12.8. The number of fused-ring (bicyclic) bond motifs is 1. The van der Waals surface area contributed by atoms with E-state index in [0.717, 1.165) is 0 Å². The van der Waals surface area contributed by atoms with Crippen molar-refractivity contribution in [1.82, 2.24) is 9.97 Å². The summed E-state index contributed by atoms with van der Waals surface area (Å²) in [6.45, 7) is 0. The molecule has 4 rings (SSSR count). The highest BCUT2D eigenvalue weighted by molar-refractivity contribution is 7.92. The molecule has 3 aromatic carbocycles. The molecule has 1 heterocycles. The first-order chi connectivity index (χ1) is 14.3. The fraction of sp³-hybridized carbons (Fsp3) is 0.0476. The van der Waals surface area contributed by atoms with Gasteiger partial charge >= 0.3 is 5.69 Å². The average Bonchev–Trinajstić information content (AvgIpc) is 3.13. The van der Waals surface area contributed by atoms with Crippen molar-refractivity contribution >= 4 is 38.3 Å². The quantitative estimate of drug-likeness (QED) is 0.459. The Bertz CT molecular complexity index is 1370. The largest absolute Gasteiger partial charge is 0.323 e. The minimum absolute atomic E-state index is 0.0803. The molecule has 0 saturated heterocycles. The third kappa shape index (κ3) is 3.70. The number of hydrogen-bond donors (Lipinski definition) is 3. The molecule has 30 heavy (non-hydrogen) atoms. The van der Waals surface area contributed by atoms with Gasteiger partial charge in [0, 0.05) is 18.3 Å². The summed E-state index contributed by atoms with van der Waals surface area (Å²) < 4.78 is 26.8. The lowest BCUT2D eigenvalue weighted by molar-refractivity contribution is 0.102. The van der Waals surface area contributed by atoms with Crippen LogP contribution in [0.25, 0.3) is 11.0 Å². The molecule has 9 heteroatoms. The summed E-state index contributed by atoms with van der Waals surface area (Å²) in [6.07, 6.45) is 0. The standard InChI is InChI=1S/C21H18N4O4S/c1-25(16-5-3-2-4-6-16)30(28,29)17-10-7-14(8-11-17)20(26)22-15-9-12-18-19(13-15)24-21(27)23-18/h2-13H,1H3,(H,22,26)(H2,23,24,27). The minimum atomic E-state index is -3.75. The van der Waals surface area contributed by atoms with Crippen molar-refractivity contribution < 1.29 is 13.2 Å². The Morgan fingerprint density at radius 1 is 0.900 bits per heavy atom. The van der Waals surface area contributed by atoms with Gasteiger partial charge in [-0.1, -0.05) is 18.2 Å². The summed E-state index contributed by atoms with van der Waals surface area (Å²) in [5.74, 6) is -0.396. The maximum Gasteiger partial charge on any atom is 0.323 e. The molecule has 0 aliphatic rings. The summed E-state index contributed by atoms with van der Waals surface area (Å²) in [5, 5.41) is 2.73. The number of benzene rings is 3. The van der Waals surface area contributed by atoms with E-state index in [0.29, 0.717) is 28.0 Å². The predicted octanol–water partition coefficient (Wildman–Crippen LogP) is 2.93. The molecule has 8 nitrogen and oxygen atoms in total. The normalized spacial score (nSPS) is 11.4. The van der Waals surface area contributed by atoms with E-state index in [4.69, 9.17) is 0 Å². The molecule has 1 amide bonds. The topological polar surface area (TPSA) is 115 Å². The number of anilines is 2. The monoisotopic (exact) mass is 422 g/mol. The Balaban J connectivity index is 1.53. The number of rotatable bonds is 5. The SMILES string of the molecule is CN(c1ccccc1)S(=O)(=O)c1ccc(C(=O)Nc2ccc3[nH]c(=O)[nH]c3c2)cc1. The fourth-order valence-corrected chi connectivity index (χ4v) is 4.22. The number of H-pyrrole nitrogens is 2. The van der Waals surface area contributed by atoms with Crippen LogP contribution in [0, 0.1) is 0 Å². The van der Waals surface area contributed by atoms with Crippen LogP contribution in [0.15, 0.2) is 82.5 Å². The molecule has 152 valence electrons. The van der Waals surface area contributed by atoms with E-state index in [9.17, 15) is 18.0 Å². The van der Waals surface area contributed by atoms with Crippen molar-refractivity contribution in [2.24, 2.45) is 0 Å². The number of imidazole rings is 1. The van der Waals surface area contributed by atoms with E-state index in [-0.39, 0.29) is 10.6 Å². The minimum Gasteiger partial charge on any atom is -0.322 e. The molecule has 0 bridgehead atoms.